The first-order valence-electron chi connectivity index (χ1n) is 7.34. The van der Waals surface area contributed by atoms with Gasteiger partial charge in [0.05, 0.1) is 4.92 Å². The molecule has 0 radical (unpaired) electrons. The average Bonchev–Trinajstić information content (AvgIpc) is 3.31. The summed E-state index contributed by atoms with van der Waals surface area (Å²) in [5.41, 5.74) is 0.405. The highest BCUT2D eigenvalue weighted by molar-refractivity contribution is 9.10. The Bertz CT molecular complexity index is 1080. The van der Waals surface area contributed by atoms with Crippen LogP contribution in [-0.2, 0) is 4.79 Å². The molecule has 1 amide bonds. The lowest BCUT2D eigenvalue weighted by atomic mass is 10.1. The lowest BCUT2D eigenvalue weighted by molar-refractivity contribution is -0.384. The van der Waals surface area contributed by atoms with Crippen LogP contribution in [-0.4, -0.2) is 15.8 Å². The van der Waals surface area contributed by atoms with Crippen LogP contribution in [0.3, 0.4) is 0 Å². The van der Waals surface area contributed by atoms with Crippen LogP contribution < -0.4 is 5.32 Å². The number of thiazole rings is 1. The van der Waals surface area contributed by atoms with Gasteiger partial charge in [-0.05, 0) is 34.1 Å². The van der Waals surface area contributed by atoms with Crippen molar-refractivity contribution in [3.63, 3.8) is 0 Å². The number of carbonyl (C=O) groups is 1. The van der Waals surface area contributed by atoms with E-state index in [1.54, 1.807) is 23.6 Å². The Morgan fingerprint density at radius 1 is 1.41 bits per heavy atom. The summed E-state index contributed by atoms with van der Waals surface area (Å²) in [7, 11) is 0. The maximum absolute atomic E-state index is 12.1. The van der Waals surface area contributed by atoms with Gasteiger partial charge in [0.15, 0.2) is 5.13 Å². The fraction of sp³-hybridized carbons (Fsp3) is 0. The quantitative estimate of drug-likeness (QED) is 0.265. The maximum Gasteiger partial charge on any atom is 0.270 e. The zero-order chi connectivity index (χ0) is 19.4. The second-order valence-corrected chi connectivity index (χ2v) is 6.83. The molecule has 0 spiro atoms. The molecule has 0 saturated carbocycles. The minimum absolute atomic E-state index is 0.0528. The molecule has 10 heteroatoms. The lowest BCUT2D eigenvalue weighted by Gasteiger charge is -2.01. The lowest BCUT2D eigenvalue weighted by Crippen LogP contribution is -2.13. The van der Waals surface area contributed by atoms with Gasteiger partial charge in [-0.15, -0.1) is 11.3 Å². The van der Waals surface area contributed by atoms with Gasteiger partial charge in [0, 0.05) is 39.8 Å². The summed E-state index contributed by atoms with van der Waals surface area (Å²) in [4.78, 5) is 26.4. The monoisotopic (exact) mass is 444 g/mol. The summed E-state index contributed by atoms with van der Waals surface area (Å²) >= 11 is 4.52. The number of aromatic nitrogens is 1. The summed E-state index contributed by atoms with van der Waals surface area (Å²) in [5.74, 6) is 0.128. The van der Waals surface area contributed by atoms with Crippen LogP contribution in [0.1, 0.15) is 5.76 Å². The summed E-state index contributed by atoms with van der Waals surface area (Å²) in [6.07, 6.45) is 2.85. The topological polar surface area (TPSA) is 122 Å². The minimum atomic E-state index is -0.595. The SMILES string of the molecule is N#C/C(=C\c1ccc(-c2ccc([N+](=O)[O-])cc2Br)o1)C(=O)Nc1nccs1. The van der Waals surface area contributed by atoms with Crippen LogP contribution in [0.4, 0.5) is 10.8 Å². The van der Waals surface area contributed by atoms with Gasteiger partial charge in [0.1, 0.15) is 23.2 Å². The Balaban J connectivity index is 1.84. The molecule has 27 heavy (non-hydrogen) atoms. The molecular formula is C17H9BrN4O4S. The number of halogens is 1. The smallest absolute Gasteiger partial charge is 0.270 e. The normalized spacial score (nSPS) is 11.0. The minimum Gasteiger partial charge on any atom is -0.457 e. The molecule has 8 nitrogen and oxygen atoms in total. The number of furan rings is 1. The number of nitro groups is 1. The number of amides is 1. The Morgan fingerprint density at radius 2 is 2.22 bits per heavy atom. The Morgan fingerprint density at radius 3 is 2.85 bits per heavy atom. The van der Waals surface area contributed by atoms with Gasteiger partial charge in [-0.1, -0.05) is 0 Å². The molecule has 2 aromatic heterocycles. The van der Waals surface area contributed by atoms with Crippen molar-refractivity contribution in [3.8, 4) is 17.4 Å². The van der Waals surface area contributed by atoms with E-state index in [0.717, 1.165) is 0 Å². The zero-order valence-electron chi connectivity index (χ0n) is 13.4. The first kappa shape index (κ1) is 18.5. The fourth-order valence-corrected chi connectivity index (χ4v) is 3.22. The largest absolute Gasteiger partial charge is 0.457 e. The van der Waals surface area contributed by atoms with Crippen molar-refractivity contribution in [2.45, 2.75) is 0 Å². The summed E-state index contributed by atoms with van der Waals surface area (Å²) in [6.45, 7) is 0. The van der Waals surface area contributed by atoms with Gasteiger partial charge in [0.25, 0.3) is 11.6 Å². The van der Waals surface area contributed by atoms with E-state index < -0.39 is 10.8 Å². The summed E-state index contributed by atoms with van der Waals surface area (Å²) in [6, 6.07) is 9.35. The van der Waals surface area contributed by atoms with Gasteiger partial charge in [-0.3, -0.25) is 20.2 Å². The third kappa shape index (κ3) is 4.28. The molecule has 0 bridgehead atoms. The molecule has 0 aliphatic heterocycles. The van der Waals surface area contributed by atoms with E-state index in [9.17, 15) is 20.2 Å². The number of nitriles is 1. The highest BCUT2D eigenvalue weighted by Crippen LogP contribution is 2.33. The first-order valence-corrected chi connectivity index (χ1v) is 9.02. The van der Waals surface area contributed by atoms with E-state index in [2.05, 4.69) is 26.2 Å². The van der Waals surface area contributed by atoms with Crippen molar-refractivity contribution in [2.24, 2.45) is 0 Å². The number of hydrogen-bond acceptors (Lipinski definition) is 7. The molecule has 0 unspecified atom stereocenters. The predicted octanol–water partition coefficient (Wildman–Crippen LogP) is 4.62. The van der Waals surface area contributed by atoms with Crippen LogP contribution in [0.15, 0.2) is 56.4 Å². The van der Waals surface area contributed by atoms with Crippen molar-refractivity contribution in [2.75, 3.05) is 5.32 Å². The van der Waals surface area contributed by atoms with Crippen LogP contribution >= 0.6 is 27.3 Å². The highest BCUT2D eigenvalue weighted by Gasteiger charge is 2.15. The molecule has 1 aromatic carbocycles. The van der Waals surface area contributed by atoms with E-state index in [0.29, 0.717) is 26.7 Å². The molecule has 3 rings (SSSR count). The number of rotatable bonds is 5. The molecule has 0 aliphatic rings. The number of non-ortho nitro benzene ring substituents is 1. The molecule has 1 N–H and O–H groups in total. The van der Waals surface area contributed by atoms with E-state index in [4.69, 9.17) is 4.42 Å². The maximum atomic E-state index is 12.1. The number of benzene rings is 1. The molecule has 3 aromatic rings. The van der Waals surface area contributed by atoms with Crippen molar-refractivity contribution in [3.05, 3.63) is 67.8 Å². The van der Waals surface area contributed by atoms with Gasteiger partial charge >= 0.3 is 0 Å². The van der Waals surface area contributed by atoms with Crippen LogP contribution in [0.2, 0.25) is 0 Å². The Labute approximate surface area is 165 Å². The average molecular weight is 445 g/mol. The number of anilines is 1. The second kappa shape index (κ2) is 7.94. The van der Waals surface area contributed by atoms with E-state index in [-0.39, 0.29) is 11.3 Å². The molecular weight excluding hydrogens is 436 g/mol. The molecule has 0 saturated heterocycles. The van der Waals surface area contributed by atoms with E-state index in [1.165, 1.54) is 35.7 Å². The van der Waals surface area contributed by atoms with Gasteiger partial charge in [0.2, 0.25) is 0 Å². The van der Waals surface area contributed by atoms with Gasteiger partial charge < -0.3 is 4.42 Å². The van der Waals surface area contributed by atoms with Crippen LogP contribution in [0.5, 0.6) is 0 Å². The third-order valence-electron chi connectivity index (χ3n) is 3.36. The molecule has 0 fully saturated rings. The van der Waals surface area contributed by atoms with E-state index in [1.807, 2.05) is 6.07 Å². The highest BCUT2D eigenvalue weighted by atomic mass is 79.9. The Hall–Kier alpha value is -3.29. The summed E-state index contributed by atoms with van der Waals surface area (Å²) in [5, 5.41) is 24.7. The third-order valence-corrected chi connectivity index (χ3v) is 4.70. The van der Waals surface area contributed by atoms with Crippen molar-refractivity contribution >= 4 is 50.1 Å². The van der Waals surface area contributed by atoms with Crippen LogP contribution in [0.25, 0.3) is 17.4 Å². The van der Waals surface area contributed by atoms with E-state index >= 15 is 0 Å². The molecule has 0 aliphatic carbocycles. The number of nitrogens with one attached hydrogen (secondary N) is 1. The number of carbonyl (C=O) groups excluding carboxylic acids is 1. The molecule has 0 atom stereocenters. The number of hydrogen-bond donors (Lipinski definition) is 1. The Kier molecular flexibility index (Phi) is 5.44. The number of nitrogens with zero attached hydrogens (tertiary/aromatic N) is 3. The standard InChI is InChI=1S/C17H9BrN4O4S/c18-14-8-11(22(24)25)1-3-13(14)15-4-2-12(26-15)7-10(9-19)16(23)21-17-20-5-6-27-17/h1-8H,(H,20,21,23)/b10-7+. The van der Waals surface area contributed by atoms with Crippen molar-refractivity contribution in [1.29, 1.82) is 5.26 Å². The van der Waals surface area contributed by atoms with Gasteiger partial charge in [-0.2, -0.15) is 5.26 Å². The fourth-order valence-electron chi connectivity index (χ4n) is 2.13. The van der Waals surface area contributed by atoms with Crippen molar-refractivity contribution < 1.29 is 14.1 Å². The second-order valence-electron chi connectivity index (χ2n) is 5.08. The zero-order valence-corrected chi connectivity index (χ0v) is 15.8. The molecule has 2 heterocycles. The predicted molar refractivity (Wildman–Crippen MR) is 103 cm³/mol. The molecule has 134 valence electrons. The van der Waals surface area contributed by atoms with Crippen molar-refractivity contribution in [1.82, 2.24) is 4.98 Å². The van der Waals surface area contributed by atoms with Gasteiger partial charge in [-0.25, -0.2) is 4.98 Å². The first-order chi connectivity index (χ1) is 13.0. The number of nitro benzene ring substituents is 1. The van der Waals surface area contributed by atoms with Crippen LogP contribution in [0, 0.1) is 21.4 Å². The summed E-state index contributed by atoms with van der Waals surface area (Å²) < 4.78 is 6.14.